The molecule has 1 aromatic carbocycles. The van der Waals surface area contributed by atoms with Gasteiger partial charge in [-0.25, -0.2) is 0 Å². The van der Waals surface area contributed by atoms with Crippen LogP contribution in [0.1, 0.15) is 32.1 Å². The van der Waals surface area contributed by atoms with Gasteiger partial charge < -0.3 is 5.32 Å². The number of hydrogen-bond acceptors (Lipinski definition) is 2. The summed E-state index contributed by atoms with van der Waals surface area (Å²) in [5, 5.41) is 3.62. The van der Waals surface area contributed by atoms with Crippen LogP contribution in [-0.4, -0.2) is 16.9 Å². The van der Waals surface area contributed by atoms with Crippen LogP contribution in [0.4, 0.5) is 5.69 Å². The molecule has 17 heavy (non-hydrogen) atoms. The van der Waals surface area contributed by atoms with Crippen LogP contribution < -0.4 is 5.32 Å². The van der Waals surface area contributed by atoms with E-state index in [9.17, 15) is 4.79 Å². The maximum absolute atomic E-state index is 11.7. The standard InChI is InChI=1S/C14H19NOS/c16-14(15-12-7-3-1-4-8-12)11-17-13-9-5-2-6-10-13/h1,3-4,7-8,13H,2,5-6,9-11H2,(H,15,16). The van der Waals surface area contributed by atoms with Gasteiger partial charge in [-0.1, -0.05) is 37.5 Å². The summed E-state index contributed by atoms with van der Waals surface area (Å²) in [6, 6.07) is 9.66. The normalized spacial score (nSPS) is 16.7. The second-order valence-electron chi connectivity index (χ2n) is 4.49. The minimum atomic E-state index is 0.117. The number of para-hydroxylation sites is 1. The van der Waals surface area contributed by atoms with Gasteiger partial charge in [-0.2, -0.15) is 0 Å². The van der Waals surface area contributed by atoms with Crippen molar-refractivity contribution in [1.29, 1.82) is 0 Å². The van der Waals surface area contributed by atoms with Crippen LogP contribution in [0.15, 0.2) is 30.3 Å². The summed E-state index contributed by atoms with van der Waals surface area (Å²) < 4.78 is 0. The minimum absolute atomic E-state index is 0.117. The average molecular weight is 249 g/mol. The molecule has 92 valence electrons. The lowest BCUT2D eigenvalue weighted by Gasteiger charge is -2.20. The molecule has 1 aliphatic rings. The zero-order valence-electron chi connectivity index (χ0n) is 10.0. The fourth-order valence-electron chi connectivity index (χ4n) is 2.14. The summed E-state index contributed by atoms with van der Waals surface area (Å²) in [5.41, 5.74) is 0.891. The lowest BCUT2D eigenvalue weighted by atomic mass is 10.0. The molecule has 0 bridgehead atoms. The van der Waals surface area contributed by atoms with Gasteiger partial charge in [0.25, 0.3) is 0 Å². The average Bonchev–Trinajstić information content (AvgIpc) is 2.39. The number of carbonyl (C=O) groups excluding carboxylic acids is 1. The summed E-state index contributed by atoms with van der Waals surface area (Å²) >= 11 is 1.81. The van der Waals surface area contributed by atoms with E-state index in [1.807, 2.05) is 42.1 Å². The first kappa shape index (κ1) is 12.5. The van der Waals surface area contributed by atoms with Crippen molar-refractivity contribution in [2.24, 2.45) is 0 Å². The molecule has 1 amide bonds. The van der Waals surface area contributed by atoms with Gasteiger partial charge in [0.2, 0.25) is 5.91 Å². The third-order valence-electron chi connectivity index (χ3n) is 3.06. The van der Waals surface area contributed by atoms with E-state index in [0.29, 0.717) is 11.0 Å². The van der Waals surface area contributed by atoms with Gasteiger partial charge >= 0.3 is 0 Å². The van der Waals surface area contributed by atoms with Crippen molar-refractivity contribution >= 4 is 23.4 Å². The van der Waals surface area contributed by atoms with Crippen LogP contribution in [0.25, 0.3) is 0 Å². The van der Waals surface area contributed by atoms with E-state index in [4.69, 9.17) is 0 Å². The van der Waals surface area contributed by atoms with Gasteiger partial charge in [-0.05, 0) is 25.0 Å². The van der Waals surface area contributed by atoms with E-state index >= 15 is 0 Å². The molecule has 1 aromatic rings. The summed E-state index contributed by atoms with van der Waals surface area (Å²) in [5.74, 6) is 0.700. The van der Waals surface area contributed by atoms with Gasteiger partial charge in [0.05, 0.1) is 5.75 Å². The number of thioether (sulfide) groups is 1. The maximum Gasteiger partial charge on any atom is 0.234 e. The molecule has 1 saturated carbocycles. The van der Waals surface area contributed by atoms with Crippen molar-refractivity contribution in [1.82, 2.24) is 0 Å². The summed E-state index contributed by atoms with van der Waals surface area (Å²) in [6.45, 7) is 0. The van der Waals surface area contributed by atoms with Crippen molar-refractivity contribution in [2.45, 2.75) is 37.4 Å². The molecule has 0 atom stereocenters. The van der Waals surface area contributed by atoms with Crippen LogP contribution in [-0.2, 0) is 4.79 Å². The molecule has 0 spiro atoms. The van der Waals surface area contributed by atoms with Gasteiger partial charge in [-0.15, -0.1) is 11.8 Å². The molecule has 0 aromatic heterocycles. The van der Waals surface area contributed by atoms with Gasteiger partial charge in [0.1, 0.15) is 0 Å². The highest BCUT2D eigenvalue weighted by atomic mass is 32.2. The van der Waals surface area contributed by atoms with Crippen molar-refractivity contribution in [2.75, 3.05) is 11.1 Å². The number of amides is 1. The number of rotatable bonds is 4. The van der Waals surface area contributed by atoms with E-state index in [1.165, 1.54) is 32.1 Å². The zero-order chi connectivity index (χ0) is 11.9. The first-order chi connectivity index (χ1) is 8.34. The maximum atomic E-state index is 11.7. The number of carbonyl (C=O) groups is 1. The van der Waals surface area contributed by atoms with Crippen LogP contribution in [0.5, 0.6) is 0 Å². The molecule has 3 heteroatoms. The monoisotopic (exact) mass is 249 g/mol. The fourth-order valence-corrected chi connectivity index (χ4v) is 3.27. The Balaban J connectivity index is 1.70. The zero-order valence-corrected chi connectivity index (χ0v) is 10.8. The molecular weight excluding hydrogens is 230 g/mol. The molecule has 1 aliphatic carbocycles. The smallest absolute Gasteiger partial charge is 0.234 e. The molecule has 0 heterocycles. The molecule has 0 radical (unpaired) electrons. The highest BCUT2D eigenvalue weighted by Crippen LogP contribution is 2.28. The van der Waals surface area contributed by atoms with Crippen molar-refractivity contribution in [3.8, 4) is 0 Å². The first-order valence-electron chi connectivity index (χ1n) is 6.31. The summed E-state index contributed by atoms with van der Waals surface area (Å²) in [7, 11) is 0. The molecule has 2 rings (SSSR count). The Labute approximate surface area is 107 Å². The quantitative estimate of drug-likeness (QED) is 0.881. The summed E-state index contributed by atoms with van der Waals surface area (Å²) in [6.07, 6.45) is 6.59. The molecule has 0 unspecified atom stereocenters. The van der Waals surface area contributed by atoms with Crippen LogP contribution >= 0.6 is 11.8 Å². The molecule has 0 saturated heterocycles. The van der Waals surface area contributed by atoms with Crippen molar-refractivity contribution in [3.05, 3.63) is 30.3 Å². The van der Waals surface area contributed by atoms with Gasteiger partial charge in [-0.3, -0.25) is 4.79 Å². The van der Waals surface area contributed by atoms with Crippen molar-refractivity contribution in [3.63, 3.8) is 0 Å². The van der Waals surface area contributed by atoms with Gasteiger partial charge in [0.15, 0.2) is 0 Å². The Morgan fingerprint density at radius 3 is 2.59 bits per heavy atom. The second kappa shape index (κ2) is 6.70. The Bertz CT molecular complexity index is 346. The summed E-state index contributed by atoms with van der Waals surface area (Å²) in [4.78, 5) is 11.7. The Kier molecular flexibility index (Phi) is 4.92. The molecular formula is C14H19NOS. The van der Waals surface area contributed by atoms with Gasteiger partial charge in [0, 0.05) is 10.9 Å². The number of benzene rings is 1. The van der Waals surface area contributed by atoms with Crippen LogP contribution in [0, 0.1) is 0 Å². The highest BCUT2D eigenvalue weighted by molar-refractivity contribution is 8.00. The molecule has 1 N–H and O–H groups in total. The largest absolute Gasteiger partial charge is 0.325 e. The lowest BCUT2D eigenvalue weighted by Crippen LogP contribution is -2.17. The molecule has 2 nitrogen and oxygen atoms in total. The van der Waals surface area contributed by atoms with E-state index in [1.54, 1.807) is 0 Å². The van der Waals surface area contributed by atoms with E-state index in [2.05, 4.69) is 5.32 Å². The van der Waals surface area contributed by atoms with Crippen molar-refractivity contribution < 1.29 is 4.79 Å². The Morgan fingerprint density at radius 2 is 1.88 bits per heavy atom. The third kappa shape index (κ3) is 4.43. The highest BCUT2D eigenvalue weighted by Gasteiger charge is 2.15. The molecule has 1 fully saturated rings. The van der Waals surface area contributed by atoms with E-state index in [-0.39, 0.29) is 5.91 Å². The topological polar surface area (TPSA) is 29.1 Å². The second-order valence-corrected chi connectivity index (χ2v) is 5.77. The van der Waals surface area contributed by atoms with E-state index in [0.717, 1.165) is 5.69 Å². The van der Waals surface area contributed by atoms with Crippen LogP contribution in [0.2, 0.25) is 0 Å². The fraction of sp³-hybridized carbons (Fsp3) is 0.500. The Morgan fingerprint density at radius 1 is 1.18 bits per heavy atom. The van der Waals surface area contributed by atoms with E-state index < -0.39 is 0 Å². The van der Waals surface area contributed by atoms with Crippen LogP contribution in [0.3, 0.4) is 0 Å². The number of anilines is 1. The SMILES string of the molecule is O=C(CSC1CCCCC1)Nc1ccccc1. The molecule has 0 aliphatic heterocycles. The predicted molar refractivity (Wildman–Crippen MR) is 74.4 cm³/mol. The minimum Gasteiger partial charge on any atom is -0.325 e. The number of hydrogen-bond donors (Lipinski definition) is 1. The Hall–Kier alpha value is -0.960. The number of nitrogens with one attached hydrogen (secondary N) is 1. The first-order valence-corrected chi connectivity index (χ1v) is 7.36. The lowest BCUT2D eigenvalue weighted by molar-refractivity contribution is -0.113. The third-order valence-corrected chi connectivity index (χ3v) is 4.43. The predicted octanol–water partition coefficient (Wildman–Crippen LogP) is 3.69.